The fraction of sp³-hybridized carbons (Fsp3) is 0.250. The Bertz CT molecular complexity index is 951. The number of ether oxygens (including phenoxy) is 1. The molecule has 3 aromatic rings. The van der Waals surface area contributed by atoms with E-state index in [0.29, 0.717) is 18.1 Å². The average Bonchev–Trinajstić information content (AvgIpc) is 2.98. The van der Waals surface area contributed by atoms with Crippen LogP contribution < -0.4 is 21.1 Å². The third-order valence-electron chi connectivity index (χ3n) is 4.42. The molecule has 27 heavy (non-hydrogen) atoms. The Morgan fingerprint density at radius 2 is 1.96 bits per heavy atom. The second-order valence-corrected chi connectivity index (χ2v) is 6.41. The second kappa shape index (κ2) is 8.22. The van der Waals surface area contributed by atoms with Crippen LogP contribution in [0.2, 0.25) is 0 Å². The number of nitrogens with two attached hydrogens (primary N) is 1. The minimum atomic E-state index is -0.280. The highest BCUT2D eigenvalue weighted by Gasteiger charge is 2.16. The normalized spacial score (nSPS) is 10.8. The Labute approximate surface area is 163 Å². The molecule has 0 atom stereocenters. The van der Waals surface area contributed by atoms with Crippen LogP contribution in [0.15, 0.2) is 42.5 Å². The summed E-state index contributed by atoms with van der Waals surface area (Å²) >= 11 is 5.57. The largest absolute Gasteiger partial charge is 0.497 e. The molecule has 0 saturated carbocycles. The molecule has 0 saturated heterocycles. The van der Waals surface area contributed by atoms with E-state index in [1.54, 1.807) is 7.11 Å². The Morgan fingerprint density at radius 3 is 2.59 bits per heavy atom. The fourth-order valence-electron chi connectivity index (χ4n) is 3.17. The molecule has 0 radical (unpaired) electrons. The highest BCUT2D eigenvalue weighted by molar-refractivity contribution is 6.18. The van der Waals surface area contributed by atoms with Gasteiger partial charge in [-0.3, -0.25) is 0 Å². The summed E-state index contributed by atoms with van der Waals surface area (Å²) in [7, 11) is 1.65. The molecule has 0 fully saturated rings. The number of hydrogen-bond donors (Lipinski definition) is 3. The molecule has 7 heteroatoms. The SMILES string of the molecule is CCn1c(-c2ccc(NC(=O)NCCCl)cc2)c(N)c2ccc(OC)cc21. The topological polar surface area (TPSA) is 81.3 Å². The van der Waals surface area contributed by atoms with Crippen molar-refractivity contribution < 1.29 is 9.53 Å². The smallest absolute Gasteiger partial charge is 0.319 e. The first-order valence-electron chi connectivity index (χ1n) is 8.76. The lowest BCUT2D eigenvalue weighted by atomic mass is 10.1. The number of nitrogen functional groups attached to an aromatic ring is 1. The number of urea groups is 1. The van der Waals surface area contributed by atoms with Gasteiger partial charge in [-0.05, 0) is 31.2 Å². The molecule has 0 aliphatic rings. The molecule has 0 bridgehead atoms. The van der Waals surface area contributed by atoms with Crippen LogP contribution in [0, 0.1) is 0 Å². The van der Waals surface area contributed by atoms with Gasteiger partial charge in [0.25, 0.3) is 0 Å². The average molecular weight is 387 g/mol. The van der Waals surface area contributed by atoms with Gasteiger partial charge < -0.3 is 25.7 Å². The quantitative estimate of drug-likeness (QED) is 0.553. The summed E-state index contributed by atoms with van der Waals surface area (Å²) in [5.74, 6) is 1.17. The highest BCUT2D eigenvalue weighted by Crippen LogP contribution is 2.37. The number of amides is 2. The first-order chi connectivity index (χ1) is 13.1. The zero-order valence-electron chi connectivity index (χ0n) is 15.4. The van der Waals surface area contributed by atoms with E-state index in [-0.39, 0.29) is 6.03 Å². The third kappa shape index (κ3) is 3.80. The zero-order chi connectivity index (χ0) is 19.4. The highest BCUT2D eigenvalue weighted by atomic mass is 35.5. The van der Waals surface area contributed by atoms with Crippen LogP contribution in [0.25, 0.3) is 22.2 Å². The first-order valence-corrected chi connectivity index (χ1v) is 9.29. The zero-order valence-corrected chi connectivity index (χ0v) is 16.1. The second-order valence-electron chi connectivity index (χ2n) is 6.04. The summed E-state index contributed by atoms with van der Waals surface area (Å²) in [6.07, 6.45) is 0. The van der Waals surface area contributed by atoms with Crippen molar-refractivity contribution in [1.82, 2.24) is 9.88 Å². The molecule has 6 nitrogen and oxygen atoms in total. The van der Waals surface area contributed by atoms with E-state index in [4.69, 9.17) is 22.1 Å². The van der Waals surface area contributed by atoms with Gasteiger partial charge in [-0.1, -0.05) is 12.1 Å². The minimum Gasteiger partial charge on any atom is -0.497 e. The number of hydrogen-bond acceptors (Lipinski definition) is 3. The number of nitrogens with zero attached hydrogens (tertiary/aromatic N) is 1. The minimum absolute atomic E-state index is 0.280. The number of fused-ring (bicyclic) bond motifs is 1. The number of aryl methyl sites for hydroxylation is 1. The lowest BCUT2D eigenvalue weighted by molar-refractivity contribution is 0.252. The van der Waals surface area contributed by atoms with Gasteiger partial charge in [0.05, 0.1) is 24.0 Å². The number of rotatable bonds is 6. The number of aromatic nitrogens is 1. The fourth-order valence-corrected chi connectivity index (χ4v) is 3.26. The maximum Gasteiger partial charge on any atom is 0.319 e. The van der Waals surface area contributed by atoms with Gasteiger partial charge in [-0.25, -0.2) is 4.79 Å². The number of anilines is 2. The van der Waals surface area contributed by atoms with Gasteiger partial charge >= 0.3 is 6.03 Å². The number of carbonyl (C=O) groups excluding carboxylic acids is 1. The van der Waals surface area contributed by atoms with Crippen molar-refractivity contribution in [3.63, 3.8) is 0 Å². The van der Waals surface area contributed by atoms with Crippen LogP contribution in [-0.4, -0.2) is 30.1 Å². The molecule has 0 aliphatic carbocycles. The molecular formula is C20H23ClN4O2. The van der Waals surface area contributed by atoms with Crippen molar-refractivity contribution in [3.8, 4) is 17.0 Å². The van der Waals surface area contributed by atoms with Crippen molar-refractivity contribution in [2.75, 3.05) is 30.6 Å². The molecule has 2 aromatic carbocycles. The van der Waals surface area contributed by atoms with Gasteiger partial charge in [0.1, 0.15) is 5.75 Å². The molecule has 1 aromatic heterocycles. The van der Waals surface area contributed by atoms with E-state index >= 15 is 0 Å². The van der Waals surface area contributed by atoms with E-state index in [2.05, 4.69) is 22.1 Å². The van der Waals surface area contributed by atoms with Crippen molar-refractivity contribution in [2.45, 2.75) is 13.5 Å². The predicted octanol–water partition coefficient (Wildman–Crippen LogP) is 4.28. The number of halogens is 1. The third-order valence-corrected chi connectivity index (χ3v) is 4.61. The monoisotopic (exact) mass is 386 g/mol. The number of benzene rings is 2. The van der Waals surface area contributed by atoms with Crippen molar-refractivity contribution in [2.24, 2.45) is 0 Å². The number of carbonyl (C=O) groups is 1. The maximum atomic E-state index is 11.7. The molecule has 0 aliphatic heterocycles. The van der Waals surface area contributed by atoms with Crippen LogP contribution in [0.3, 0.4) is 0 Å². The number of nitrogens with one attached hydrogen (secondary N) is 2. The van der Waals surface area contributed by atoms with E-state index in [0.717, 1.165) is 40.1 Å². The summed E-state index contributed by atoms with van der Waals surface area (Å²) in [6, 6.07) is 13.2. The maximum absolute atomic E-state index is 11.7. The molecule has 1 heterocycles. The van der Waals surface area contributed by atoms with Crippen LogP contribution in [-0.2, 0) is 6.54 Å². The first kappa shape index (κ1) is 18.9. The summed E-state index contributed by atoms with van der Waals surface area (Å²) < 4.78 is 7.52. The lowest BCUT2D eigenvalue weighted by Crippen LogP contribution is -2.30. The number of methoxy groups -OCH3 is 1. The Morgan fingerprint density at radius 1 is 1.22 bits per heavy atom. The molecule has 2 amide bonds. The van der Waals surface area contributed by atoms with Crippen molar-refractivity contribution in [3.05, 3.63) is 42.5 Å². The van der Waals surface area contributed by atoms with Crippen LogP contribution >= 0.6 is 11.6 Å². The van der Waals surface area contributed by atoms with Gasteiger partial charge in [-0.2, -0.15) is 0 Å². The summed E-state index contributed by atoms with van der Waals surface area (Å²) in [4.78, 5) is 11.7. The Hall–Kier alpha value is -2.86. The Kier molecular flexibility index (Phi) is 5.76. The van der Waals surface area contributed by atoms with Crippen molar-refractivity contribution >= 4 is 39.9 Å². The molecule has 4 N–H and O–H groups in total. The van der Waals surface area contributed by atoms with Gasteiger partial charge in [0.15, 0.2) is 0 Å². The van der Waals surface area contributed by atoms with E-state index in [9.17, 15) is 4.79 Å². The standard InChI is InChI=1S/C20H23ClN4O2/c1-3-25-17-12-15(27-2)8-9-16(17)18(22)19(25)13-4-6-14(7-5-13)24-20(26)23-11-10-21/h4-9,12H,3,10-11,22H2,1-2H3,(H2,23,24,26). The Balaban J connectivity index is 1.95. The van der Waals surface area contributed by atoms with Gasteiger partial charge in [-0.15, -0.1) is 11.6 Å². The van der Waals surface area contributed by atoms with E-state index in [1.165, 1.54) is 0 Å². The van der Waals surface area contributed by atoms with Gasteiger partial charge in [0, 0.05) is 41.7 Å². The molecule has 142 valence electrons. The van der Waals surface area contributed by atoms with Gasteiger partial charge in [0.2, 0.25) is 0 Å². The predicted molar refractivity (Wildman–Crippen MR) is 112 cm³/mol. The van der Waals surface area contributed by atoms with Crippen molar-refractivity contribution in [1.29, 1.82) is 0 Å². The molecule has 0 spiro atoms. The molecule has 3 rings (SSSR count). The van der Waals surface area contributed by atoms with E-state index < -0.39 is 0 Å². The van der Waals surface area contributed by atoms with E-state index in [1.807, 2.05) is 42.5 Å². The summed E-state index contributed by atoms with van der Waals surface area (Å²) in [5, 5.41) is 6.44. The van der Waals surface area contributed by atoms with Crippen LogP contribution in [0.5, 0.6) is 5.75 Å². The summed E-state index contributed by atoms with van der Waals surface area (Å²) in [6.45, 7) is 3.28. The molecule has 0 unspecified atom stereocenters. The van der Waals surface area contributed by atoms with Crippen LogP contribution in [0.1, 0.15) is 6.92 Å². The molecular weight excluding hydrogens is 364 g/mol. The van der Waals surface area contributed by atoms with Crippen LogP contribution in [0.4, 0.5) is 16.2 Å². The lowest BCUT2D eigenvalue weighted by Gasteiger charge is -2.11. The summed E-state index contributed by atoms with van der Waals surface area (Å²) in [5.41, 5.74) is 10.9. The number of alkyl halides is 1.